The van der Waals surface area contributed by atoms with Crippen LogP contribution in [0.2, 0.25) is 10.0 Å². The smallest absolute Gasteiger partial charge is 0.402 e. The largest absolute Gasteiger partial charge is 0.494 e. The van der Waals surface area contributed by atoms with Crippen LogP contribution in [0.15, 0.2) is 76.8 Å². The number of nitrogens with one attached hydrogen (secondary N) is 2. The maximum atomic E-state index is 13.9. The van der Waals surface area contributed by atoms with Crippen molar-refractivity contribution in [3.63, 3.8) is 0 Å². The zero-order valence-corrected chi connectivity index (χ0v) is 23.8. The van der Waals surface area contributed by atoms with Gasteiger partial charge in [-0.1, -0.05) is 58.6 Å². The van der Waals surface area contributed by atoms with Crippen LogP contribution >= 0.6 is 23.2 Å². The third kappa shape index (κ3) is 7.89. The second-order valence-electron chi connectivity index (χ2n) is 9.37. The highest BCUT2D eigenvalue weighted by Crippen LogP contribution is 2.46. The summed E-state index contributed by atoms with van der Waals surface area (Å²) in [7, 11) is 0. The van der Waals surface area contributed by atoms with E-state index in [1.807, 2.05) is 5.43 Å². The summed E-state index contributed by atoms with van der Waals surface area (Å²) < 4.78 is 50.7. The minimum Gasteiger partial charge on any atom is -0.494 e. The molecule has 43 heavy (non-hydrogen) atoms. The number of aliphatic hydroxyl groups is 1. The molecule has 0 unspecified atom stereocenters. The second-order valence-corrected chi connectivity index (χ2v) is 10.2. The van der Waals surface area contributed by atoms with Crippen LogP contribution in [0.5, 0.6) is 5.75 Å². The zero-order valence-electron chi connectivity index (χ0n) is 22.3. The molecule has 0 saturated carbocycles. The molecule has 1 aliphatic heterocycles. The number of nitrogens with zero attached hydrogens (tertiary/aromatic N) is 4. The van der Waals surface area contributed by atoms with Gasteiger partial charge in [-0.3, -0.25) is 10.2 Å². The lowest BCUT2D eigenvalue weighted by Gasteiger charge is -2.31. The highest BCUT2D eigenvalue weighted by molar-refractivity contribution is 6.35. The fourth-order valence-electron chi connectivity index (χ4n) is 4.40. The molecule has 3 N–H and O–H groups in total. The quantitative estimate of drug-likeness (QED) is 0.0695. The van der Waals surface area contributed by atoms with Gasteiger partial charge in [-0.05, 0) is 47.5 Å². The molecule has 15 heteroatoms. The average molecular weight is 637 g/mol. The van der Waals surface area contributed by atoms with Gasteiger partial charge in [0.1, 0.15) is 12.3 Å². The Balaban J connectivity index is 1.84. The summed E-state index contributed by atoms with van der Waals surface area (Å²) in [5, 5.41) is 13.1. The van der Waals surface area contributed by atoms with E-state index in [4.69, 9.17) is 43.3 Å². The predicted octanol–water partition coefficient (Wildman–Crippen LogP) is 6.38. The molecule has 0 aromatic heterocycles. The summed E-state index contributed by atoms with van der Waals surface area (Å²) in [6.07, 6.45) is -5.68. The molecule has 0 spiro atoms. The molecule has 4 rings (SSSR count). The third-order valence-electron chi connectivity index (χ3n) is 6.37. The van der Waals surface area contributed by atoms with E-state index in [0.717, 1.165) is 0 Å². The number of amides is 1. The van der Waals surface area contributed by atoms with Gasteiger partial charge in [-0.25, -0.2) is 10.4 Å². The number of azide groups is 1. The summed E-state index contributed by atoms with van der Waals surface area (Å²) in [4.78, 5) is 21.5. The van der Waals surface area contributed by atoms with Crippen LogP contribution in [0.4, 0.5) is 18.9 Å². The molecule has 3 aromatic carbocycles. The number of hydrazine groups is 1. The van der Waals surface area contributed by atoms with Crippen molar-refractivity contribution in [1.29, 1.82) is 0 Å². The maximum Gasteiger partial charge on any atom is 0.402 e. The number of hydrogen-bond acceptors (Lipinski definition) is 7. The minimum atomic E-state index is -4.62. The molecule has 10 nitrogen and oxygen atoms in total. The van der Waals surface area contributed by atoms with E-state index < -0.39 is 30.3 Å². The monoisotopic (exact) mass is 636 g/mol. The number of ether oxygens (including phenoxy) is 2. The van der Waals surface area contributed by atoms with Crippen molar-refractivity contribution in [3.05, 3.63) is 104 Å². The molecule has 3 aromatic rings. The van der Waals surface area contributed by atoms with Gasteiger partial charge < -0.3 is 14.6 Å². The summed E-state index contributed by atoms with van der Waals surface area (Å²) in [5.74, 6) is -0.440. The van der Waals surface area contributed by atoms with Crippen molar-refractivity contribution in [3.8, 4) is 5.75 Å². The van der Waals surface area contributed by atoms with E-state index in [1.165, 1.54) is 24.3 Å². The molecule has 0 radical (unpaired) electrons. The van der Waals surface area contributed by atoms with Gasteiger partial charge in [0.2, 0.25) is 5.90 Å². The van der Waals surface area contributed by atoms with Gasteiger partial charge in [0.25, 0.3) is 5.91 Å². The lowest BCUT2D eigenvalue weighted by Crippen LogP contribution is -2.55. The number of benzene rings is 3. The van der Waals surface area contributed by atoms with Gasteiger partial charge in [-0.15, -0.1) is 0 Å². The zero-order chi connectivity index (χ0) is 31.0. The summed E-state index contributed by atoms with van der Waals surface area (Å²) in [5.41, 5.74) is 12.5. The summed E-state index contributed by atoms with van der Waals surface area (Å²) in [6, 6.07) is 17.5. The molecule has 2 atom stereocenters. The molecular formula is C28H25Cl2F3N6O4. The van der Waals surface area contributed by atoms with Crippen LogP contribution in [0.3, 0.4) is 0 Å². The predicted molar refractivity (Wildman–Crippen MR) is 154 cm³/mol. The van der Waals surface area contributed by atoms with Gasteiger partial charge in [-0.2, -0.15) is 13.2 Å². The first-order valence-corrected chi connectivity index (χ1v) is 13.6. The number of carbonyl (C=O) groups excluding carboxylic acids is 1. The Bertz CT molecular complexity index is 1530. The van der Waals surface area contributed by atoms with E-state index in [-0.39, 0.29) is 29.6 Å². The molecular weight excluding hydrogens is 612 g/mol. The van der Waals surface area contributed by atoms with Crippen LogP contribution < -0.4 is 15.6 Å². The molecule has 0 bridgehead atoms. The van der Waals surface area contributed by atoms with Crippen molar-refractivity contribution >= 4 is 40.7 Å². The minimum absolute atomic E-state index is 0.00478. The van der Waals surface area contributed by atoms with E-state index in [9.17, 15) is 18.0 Å². The molecule has 1 heterocycles. The lowest BCUT2D eigenvalue weighted by atomic mass is 9.81. The standard InChI is InChI=1S/C28H25Cl2F3N6O4/c29-19-8-11-21(22(30)14-19)24-27(26(41)38-35-16-28(31,32)33,15-18-4-1-2-5-23(18)37-39-34)36-25(43-24)17-6-9-20(10-7-17)42-13-3-12-40/h1-2,4-11,14,24,35,40H,3,12-13,15-16H2,(H,38,41)/t24-,27-/m0/s1. The second kappa shape index (κ2) is 14.0. The van der Waals surface area contributed by atoms with Crippen LogP contribution in [-0.4, -0.2) is 48.4 Å². The molecule has 1 aliphatic rings. The normalized spacial score (nSPS) is 17.9. The molecule has 0 aliphatic carbocycles. The first kappa shape index (κ1) is 31.9. The number of halogens is 5. The topological polar surface area (TPSA) is 141 Å². The van der Waals surface area contributed by atoms with Crippen molar-refractivity contribution < 1.29 is 32.5 Å². The van der Waals surface area contributed by atoms with Gasteiger partial charge in [0, 0.05) is 51.2 Å². The number of rotatable bonds is 12. The first-order chi connectivity index (χ1) is 20.6. The van der Waals surface area contributed by atoms with Gasteiger partial charge in [0.15, 0.2) is 11.6 Å². The fourth-order valence-corrected chi connectivity index (χ4v) is 4.91. The number of aliphatic hydroxyl groups excluding tert-OH is 1. The third-order valence-corrected chi connectivity index (χ3v) is 6.93. The van der Waals surface area contributed by atoms with Crippen LogP contribution in [0.1, 0.15) is 29.2 Å². The summed E-state index contributed by atoms with van der Waals surface area (Å²) >= 11 is 12.7. The Morgan fingerprint density at radius 1 is 1.16 bits per heavy atom. The van der Waals surface area contributed by atoms with E-state index in [1.54, 1.807) is 42.5 Å². The van der Waals surface area contributed by atoms with Crippen molar-refractivity contribution in [1.82, 2.24) is 10.9 Å². The van der Waals surface area contributed by atoms with E-state index in [2.05, 4.69) is 20.4 Å². The Hall–Kier alpha value is -4.00. The highest BCUT2D eigenvalue weighted by atomic mass is 35.5. The van der Waals surface area contributed by atoms with Crippen LogP contribution in [0.25, 0.3) is 10.4 Å². The lowest BCUT2D eigenvalue weighted by molar-refractivity contribution is -0.136. The van der Waals surface area contributed by atoms with Crippen LogP contribution in [-0.2, 0) is 16.0 Å². The van der Waals surface area contributed by atoms with Crippen molar-refractivity contribution in [2.75, 3.05) is 19.8 Å². The highest BCUT2D eigenvalue weighted by Gasteiger charge is 2.54. The number of aliphatic imine (C=N–C) groups is 1. The summed E-state index contributed by atoms with van der Waals surface area (Å²) in [6.45, 7) is -1.24. The van der Waals surface area contributed by atoms with Crippen molar-refractivity contribution in [2.24, 2.45) is 10.1 Å². The molecule has 226 valence electrons. The van der Waals surface area contributed by atoms with Gasteiger partial charge >= 0.3 is 6.18 Å². The Labute approximate surface area is 254 Å². The molecule has 0 fully saturated rings. The number of hydrogen-bond donors (Lipinski definition) is 3. The Kier molecular flexibility index (Phi) is 10.4. The van der Waals surface area contributed by atoms with Gasteiger partial charge in [0.05, 0.1) is 6.61 Å². The molecule has 0 saturated heterocycles. The fraction of sp³-hybridized carbons (Fsp3) is 0.286. The number of carbonyl (C=O) groups is 1. The molecule has 1 amide bonds. The van der Waals surface area contributed by atoms with Crippen LogP contribution in [0, 0.1) is 0 Å². The average Bonchev–Trinajstić information content (AvgIpc) is 3.34. The maximum absolute atomic E-state index is 13.9. The van der Waals surface area contributed by atoms with Crippen molar-refractivity contribution in [2.45, 2.75) is 30.7 Å². The van der Waals surface area contributed by atoms with E-state index in [0.29, 0.717) is 40.5 Å². The number of alkyl halides is 3. The Morgan fingerprint density at radius 2 is 1.91 bits per heavy atom. The Morgan fingerprint density at radius 3 is 2.58 bits per heavy atom. The first-order valence-electron chi connectivity index (χ1n) is 12.8. The van der Waals surface area contributed by atoms with E-state index >= 15 is 0 Å². The SMILES string of the molecule is [N-]=[N+]=Nc1ccccc1C[C@]1(C(=O)NNCC(F)(F)F)N=C(c2ccc(OCCCO)cc2)O[C@H]1c1ccc(Cl)cc1Cl.